The molecule has 0 aliphatic rings. The molecule has 0 N–H and O–H groups in total. The van der Waals surface area contributed by atoms with Crippen LogP contribution in [0.1, 0.15) is 32.6 Å². The number of hydrogen-bond acceptors (Lipinski definition) is 4. The lowest BCUT2D eigenvalue weighted by atomic mass is 10.0. The normalized spacial score (nSPS) is 10.6. The van der Waals surface area contributed by atoms with E-state index in [4.69, 9.17) is 26.1 Å². The van der Waals surface area contributed by atoms with E-state index in [1.807, 2.05) is 67.6 Å². The van der Waals surface area contributed by atoms with Gasteiger partial charge >= 0.3 is 5.97 Å². The van der Waals surface area contributed by atoms with Crippen molar-refractivity contribution in [2.75, 3.05) is 13.2 Å². The first-order valence-electron chi connectivity index (χ1n) is 10.3. The molecule has 3 rings (SSSR count). The summed E-state index contributed by atoms with van der Waals surface area (Å²) in [5.74, 6) is 0.454. The fourth-order valence-electron chi connectivity index (χ4n) is 3.10. The fraction of sp³-hybridized carbons (Fsp3) is 0.280. The predicted octanol–water partition coefficient (Wildman–Crippen LogP) is 6.57. The number of carbonyl (C=O) groups is 1. The van der Waals surface area contributed by atoms with Gasteiger partial charge in [0.05, 0.1) is 18.9 Å². The second kappa shape index (κ2) is 11.4. The lowest BCUT2D eigenvalue weighted by molar-refractivity contribution is -0.143. The summed E-state index contributed by atoms with van der Waals surface area (Å²) in [6.07, 6.45) is 3.01. The van der Waals surface area contributed by atoms with Crippen LogP contribution in [0.3, 0.4) is 0 Å². The number of pyridine rings is 1. The third-order valence-electron chi connectivity index (χ3n) is 4.63. The maximum atomic E-state index is 11.4. The Bertz CT molecular complexity index is 942. The van der Waals surface area contributed by atoms with Crippen molar-refractivity contribution in [3.8, 4) is 28.3 Å². The van der Waals surface area contributed by atoms with Crippen molar-refractivity contribution in [2.24, 2.45) is 0 Å². The van der Waals surface area contributed by atoms with E-state index in [2.05, 4.69) is 6.07 Å². The molecule has 0 aliphatic heterocycles. The summed E-state index contributed by atoms with van der Waals surface area (Å²) in [6, 6.07) is 21.8. The highest BCUT2D eigenvalue weighted by molar-refractivity contribution is 6.30. The van der Waals surface area contributed by atoms with Crippen molar-refractivity contribution in [3.05, 3.63) is 71.8 Å². The lowest BCUT2D eigenvalue weighted by Gasteiger charge is -2.11. The Morgan fingerprint density at radius 2 is 1.67 bits per heavy atom. The van der Waals surface area contributed by atoms with Gasteiger partial charge in [-0.05, 0) is 55.5 Å². The van der Waals surface area contributed by atoms with E-state index in [0.717, 1.165) is 41.6 Å². The first-order chi connectivity index (χ1) is 14.7. The average Bonchev–Trinajstić information content (AvgIpc) is 2.77. The van der Waals surface area contributed by atoms with Gasteiger partial charge in [0.15, 0.2) is 0 Å². The second-order valence-corrected chi connectivity index (χ2v) is 7.35. The molecule has 1 heterocycles. The summed E-state index contributed by atoms with van der Waals surface area (Å²) in [5, 5.41) is 0.704. The Hall–Kier alpha value is -2.85. The van der Waals surface area contributed by atoms with Crippen molar-refractivity contribution < 1.29 is 14.3 Å². The van der Waals surface area contributed by atoms with Crippen molar-refractivity contribution in [3.63, 3.8) is 0 Å². The molecule has 156 valence electrons. The molecule has 0 fully saturated rings. The molecule has 0 amide bonds. The number of rotatable bonds is 10. The van der Waals surface area contributed by atoms with Crippen molar-refractivity contribution in [2.45, 2.75) is 32.6 Å². The number of esters is 1. The lowest BCUT2D eigenvalue weighted by Crippen LogP contribution is -2.04. The molecule has 3 aromatic rings. The van der Waals surface area contributed by atoms with E-state index >= 15 is 0 Å². The molecule has 5 heteroatoms. The number of ether oxygens (including phenoxy) is 2. The minimum Gasteiger partial charge on any atom is -0.478 e. The maximum absolute atomic E-state index is 11.4. The van der Waals surface area contributed by atoms with Gasteiger partial charge in [0, 0.05) is 23.1 Å². The third-order valence-corrected chi connectivity index (χ3v) is 4.88. The van der Waals surface area contributed by atoms with E-state index in [1.165, 1.54) is 0 Å². The SMILES string of the molecule is CCOC(=O)CCCCCOc1cc(-c2ccc(Cl)cc2)cc(-c2ccccc2)n1. The van der Waals surface area contributed by atoms with Crippen molar-refractivity contribution in [1.82, 2.24) is 4.98 Å². The summed E-state index contributed by atoms with van der Waals surface area (Å²) in [7, 11) is 0. The van der Waals surface area contributed by atoms with Crippen LogP contribution < -0.4 is 4.74 Å². The van der Waals surface area contributed by atoms with Crippen LogP contribution in [0.15, 0.2) is 66.7 Å². The number of benzene rings is 2. The number of hydrogen-bond donors (Lipinski definition) is 0. The van der Waals surface area contributed by atoms with E-state index < -0.39 is 0 Å². The van der Waals surface area contributed by atoms with E-state index in [9.17, 15) is 4.79 Å². The fourth-order valence-corrected chi connectivity index (χ4v) is 3.23. The van der Waals surface area contributed by atoms with Crippen LogP contribution >= 0.6 is 11.6 Å². The summed E-state index contributed by atoms with van der Waals surface area (Å²) in [6.45, 7) is 2.80. The first kappa shape index (κ1) is 21.8. The van der Waals surface area contributed by atoms with Gasteiger partial charge in [0.25, 0.3) is 0 Å². The minimum atomic E-state index is -0.136. The zero-order valence-corrected chi connectivity index (χ0v) is 17.9. The zero-order valence-electron chi connectivity index (χ0n) is 17.1. The molecular weight excluding hydrogens is 398 g/mol. The minimum absolute atomic E-state index is 0.136. The monoisotopic (exact) mass is 423 g/mol. The predicted molar refractivity (Wildman–Crippen MR) is 121 cm³/mol. The quantitative estimate of drug-likeness (QED) is 0.273. The third kappa shape index (κ3) is 6.60. The molecular formula is C25H26ClNO3. The molecule has 30 heavy (non-hydrogen) atoms. The van der Waals surface area contributed by atoms with Gasteiger partial charge in [-0.1, -0.05) is 54.1 Å². The van der Waals surface area contributed by atoms with Crippen LogP contribution in [0.5, 0.6) is 5.88 Å². The molecule has 0 spiro atoms. The highest BCUT2D eigenvalue weighted by atomic mass is 35.5. The Balaban J connectivity index is 1.68. The molecule has 0 atom stereocenters. The number of carbonyl (C=O) groups excluding carboxylic acids is 1. The van der Waals surface area contributed by atoms with Gasteiger partial charge in [0.1, 0.15) is 0 Å². The Labute approximate surface area is 182 Å². The summed E-state index contributed by atoms with van der Waals surface area (Å²) in [5.41, 5.74) is 3.98. The average molecular weight is 424 g/mol. The highest BCUT2D eigenvalue weighted by Gasteiger charge is 2.08. The molecule has 0 saturated heterocycles. The molecule has 4 nitrogen and oxygen atoms in total. The van der Waals surface area contributed by atoms with Crippen LogP contribution in [0.25, 0.3) is 22.4 Å². The number of unbranched alkanes of at least 4 members (excludes halogenated alkanes) is 2. The molecule has 0 unspecified atom stereocenters. The second-order valence-electron chi connectivity index (χ2n) is 6.92. The van der Waals surface area contributed by atoms with Gasteiger partial charge in [-0.3, -0.25) is 4.79 Å². The smallest absolute Gasteiger partial charge is 0.305 e. The maximum Gasteiger partial charge on any atom is 0.305 e. The molecule has 0 radical (unpaired) electrons. The van der Waals surface area contributed by atoms with Gasteiger partial charge in [0.2, 0.25) is 5.88 Å². The summed E-state index contributed by atoms with van der Waals surface area (Å²) < 4.78 is 10.9. The highest BCUT2D eigenvalue weighted by Crippen LogP contribution is 2.29. The molecule has 0 bridgehead atoms. The first-order valence-corrected chi connectivity index (χ1v) is 10.7. The van der Waals surface area contributed by atoms with Gasteiger partial charge in [-0.15, -0.1) is 0 Å². The van der Waals surface area contributed by atoms with Crippen LogP contribution in [0.2, 0.25) is 5.02 Å². The molecule has 2 aromatic carbocycles. The van der Waals surface area contributed by atoms with Crippen LogP contribution in [-0.4, -0.2) is 24.2 Å². The number of halogens is 1. The molecule has 0 saturated carbocycles. The molecule has 0 aliphatic carbocycles. The van der Waals surface area contributed by atoms with Crippen LogP contribution in [0.4, 0.5) is 0 Å². The van der Waals surface area contributed by atoms with Gasteiger partial charge in [-0.25, -0.2) is 4.98 Å². The largest absolute Gasteiger partial charge is 0.478 e. The summed E-state index contributed by atoms with van der Waals surface area (Å²) >= 11 is 6.04. The van der Waals surface area contributed by atoms with Crippen LogP contribution in [-0.2, 0) is 9.53 Å². The summed E-state index contributed by atoms with van der Waals surface area (Å²) in [4.78, 5) is 16.1. The Morgan fingerprint density at radius 1 is 0.900 bits per heavy atom. The Morgan fingerprint density at radius 3 is 2.40 bits per heavy atom. The van der Waals surface area contributed by atoms with E-state index in [-0.39, 0.29) is 5.97 Å². The van der Waals surface area contributed by atoms with Crippen molar-refractivity contribution in [1.29, 1.82) is 0 Å². The van der Waals surface area contributed by atoms with Crippen molar-refractivity contribution >= 4 is 17.6 Å². The number of nitrogens with zero attached hydrogens (tertiary/aromatic N) is 1. The van der Waals surface area contributed by atoms with Crippen LogP contribution in [0, 0.1) is 0 Å². The standard InChI is InChI=1S/C25H26ClNO3/c1-2-29-25(28)11-7-4-8-16-30-24-18-21(19-12-14-22(26)15-13-19)17-23(27-24)20-9-5-3-6-10-20/h3,5-6,9-10,12-15,17-18H,2,4,7-8,11,16H2,1H3. The van der Waals surface area contributed by atoms with E-state index in [0.29, 0.717) is 30.5 Å². The van der Waals surface area contributed by atoms with Gasteiger partial charge < -0.3 is 9.47 Å². The topological polar surface area (TPSA) is 48.4 Å². The zero-order chi connectivity index (χ0) is 21.2. The van der Waals surface area contributed by atoms with Gasteiger partial charge in [-0.2, -0.15) is 0 Å². The Kier molecular flexibility index (Phi) is 8.28. The number of aromatic nitrogens is 1. The molecule has 1 aromatic heterocycles. The van der Waals surface area contributed by atoms with E-state index in [1.54, 1.807) is 0 Å².